The Balaban J connectivity index is 2.09. The highest BCUT2D eigenvalue weighted by atomic mass is 16.1. The Morgan fingerprint density at radius 3 is 2.68 bits per heavy atom. The van der Waals surface area contributed by atoms with Crippen molar-refractivity contribution in [2.75, 3.05) is 0 Å². The SMILES string of the molecule is CC1(C)CC(=O)c2c(nc3ncnn3c2-c2ccccc2)C1. The fourth-order valence-corrected chi connectivity index (χ4v) is 3.21. The van der Waals surface area contributed by atoms with Gasteiger partial charge in [0, 0.05) is 12.0 Å². The normalized spacial score (nSPS) is 16.7. The van der Waals surface area contributed by atoms with Gasteiger partial charge in [-0.15, -0.1) is 0 Å². The number of rotatable bonds is 1. The van der Waals surface area contributed by atoms with Crippen molar-refractivity contribution in [2.24, 2.45) is 5.41 Å². The largest absolute Gasteiger partial charge is 0.294 e. The van der Waals surface area contributed by atoms with Gasteiger partial charge in [0.2, 0.25) is 0 Å². The predicted molar refractivity (Wildman–Crippen MR) is 82.7 cm³/mol. The van der Waals surface area contributed by atoms with E-state index < -0.39 is 0 Å². The number of fused-ring (bicyclic) bond motifs is 2. The van der Waals surface area contributed by atoms with E-state index in [1.165, 1.54) is 6.33 Å². The monoisotopic (exact) mass is 292 g/mol. The van der Waals surface area contributed by atoms with E-state index in [-0.39, 0.29) is 11.2 Å². The Morgan fingerprint density at radius 1 is 1.14 bits per heavy atom. The number of hydrogen-bond acceptors (Lipinski definition) is 4. The van der Waals surface area contributed by atoms with Crippen molar-refractivity contribution in [1.29, 1.82) is 0 Å². The molecule has 0 spiro atoms. The topological polar surface area (TPSA) is 60.2 Å². The van der Waals surface area contributed by atoms with Gasteiger partial charge in [-0.3, -0.25) is 4.79 Å². The third kappa shape index (κ3) is 1.93. The molecule has 22 heavy (non-hydrogen) atoms. The standard InChI is InChI=1S/C17H16N4O/c1-17(2)8-12-14(13(22)9-17)15(11-6-4-3-5-7-11)21-16(20-12)18-10-19-21/h3-7,10H,8-9H2,1-2H3. The summed E-state index contributed by atoms with van der Waals surface area (Å²) in [7, 11) is 0. The lowest BCUT2D eigenvalue weighted by Gasteiger charge is -2.30. The van der Waals surface area contributed by atoms with E-state index >= 15 is 0 Å². The molecule has 110 valence electrons. The number of aromatic nitrogens is 4. The van der Waals surface area contributed by atoms with Gasteiger partial charge in [0.1, 0.15) is 6.33 Å². The third-order valence-corrected chi connectivity index (χ3v) is 4.11. The molecule has 4 rings (SSSR count). The smallest absolute Gasteiger partial charge is 0.252 e. The number of carbonyl (C=O) groups excluding carboxylic acids is 1. The van der Waals surface area contributed by atoms with E-state index in [4.69, 9.17) is 0 Å². The van der Waals surface area contributed by atoms with Gasteiger partial charge in [-0.2, -0.15) is 14.6 Å². The summed E-state index contributed by atoms with van der Waals surface area (Å²) in [5.74, 6) is 0.679. The Bertz CT molecular complexity index is 880. The van der Waals surface area contributed by atoms with Gasteiger partial charge >= 0.3 is 0 Å². The summed E-state index contributed by atoms with van der Waals surface area (Å²) < 4.78 is 1.67. The van der Waals surface area contributed by atoms with Gasteiger partial charge in [-0.25, -0.2) is 4.98 Å². The van der Waals surface area contributed by atoms with Crippen LogP contribution in [0.3, 0.4) is 0 Å². The highest BCUT2D eigenvalue weighted by Crippen LogP contribution is 2.38. The molecule has 0 bridgehead atoms. The average Bonchev–Trinajstić information content (AvgIpc) is 2.92. The van der Waals surface area contributed by atoms with E-state index in [0.29, 0.717) is 17.8 Å². The van der Waals surface area contributed by atoms with Gasteiger partial charge < -0.3 is 0 Å². The molecular formula is C17H16N4O. The highest BCUT2D eigenvalue weighted by molar-refractivity contribution is 6.04. The molecule has 2 heterocycles. The summed E-state index contributed by atoms with van der Waals surface area (Å²) >= 11 is 0. The lowest BCUT2D eigenvalue weighted by Crippen LogP contribution is -2.29. The third-order valence-electron chi connectivity index (χ3n) is 4.11. The van der Waals surface area contributed by atoms with E-state index in [9.17, 15) is 4.79 Å². The molecule has 0 N–H and O–H groups in total. The van der Waals surface area contributed by atoms with Crippen LogP contribution in [0.5, 0.6) is 0 Å². The molecule has 1 aromatic carbocycles. The minimum Gasteiger partial charge on any atom is -0.294 e. The molecule has 0 saturated carbocycles. The number of hydrogen-bond donors (Lipinski definition) is 0. The van der Waals surface area contributed by atoms with Crippen LogP contribution in [0.1, 0.15) is 36.3 Å². The maximum atomic E-state index is 12.8. The summed E-state index contributed by atoms with van der Waals surface area (Å²) in [6, 6.07) is 9.86. The summed E-state index contributed by atoms with van der Waals surface area (Å²) in [5, 5.41) is 4.26. The van der Waals surface area contributed by atoms with E-state index in [1.54, 1.807) is 4.52 Å². The van der Waals surface area contributed by atoms with Crippen molar-refractivity contribution < 1.29 is 4.79 Å². The van der Waals surface area contributed by atoms with E-state index in [0.717, 1.165) is 23.4 Å². The van der Waals surface area contributed by atoms with Gasteiger partial charge in [0.15, 0.2) is 5.78 Å². The molecule has 2 aromatic heterocycles. The molecule has 5 nitrogen and oxygen atoms in total. The molecule has 0 atom stereocenters. The second kappa shape index (κ2) is 4.47. The van der Waals surface area contributed by atoms with Crippen molar-refractivity contribution >= 4 is 11.6 Å². The number of carbonyl (C=O) groups is 1. The van der Waals surface area contributed by atoms with Crippen LogP contribution in [-0.4, -0.2) is 25.4 Å². The lowest BCUT2D eigenvalue weighted by atomic mass is 9.75. The van der Waals surface area contributed by atoms with Gasteiger partial charge in [0.25, 0.3) is 5.78 Å². The van der Waals surface area contributed by atoms with E-state index in [2.05, 4.69) is 28.9 Å². The first-order valence-electron chi connectivity index (χ1n) is 7.36. The van der Waals surface area contributed by atoms with Crippen LogP contribution in [0.15, 0.2) is 36.7 Å². The van der Waals surface area contributed by atoms with Crippen LogP contribution in [0.2, 0.25) is 0 Å². The van der Waals surface area contributed by atoms with Crippen LogP contribution in [0, 0.1) is 5.41 Å². The van der Waals surface area contributed by atoms with Gasteiger partial charge in [-0.05, 0) is 11.8 Å². The van der Waals surface area contributed by atoms with Gasteiger partial charge in [0.05, 0.1) is 17.0 Å². The molecule has 5 heteroatoms. The Kier molecular flexibility index (Phi) is 2.66. The Labute approximate surface area is 128 Å². The van der Waals surface area contributed by atoms with Gasteiger partial charge in [-0.1, -0.05) is 44.2 Å². The second-order valence-corrected chi connectivity index (χ2v) is 6.56. The maximum Gasteiger partial charge on any atom is 0.252 e. The van der Waals surface area contributed by atoms with Crippen molar-refractivity contribution in [3.8, 4) is 11.3 Å². The van der Waals surface area contributed by atoms with Crippen LogP contribution in [0.25, 0.3) is 17.0 Å². The minimum atomic E-state index is -0.0661. The fraction of sp³-hybridized carbons (Fsp3) is 0.294. The number of ketones is 1. The fourth-order valence-electron chi connectivity index (χ4n) is 3.21. The molecule has 0 fully saturated rings. The van der Waals surface area contributed by atoms with Crippen molar-refractivity contribution in [1.82, 2.24) is 19.6 Å². The molecule has 1 aliphatic carbocycles. The zero-order chi connectivity index (χ0) is 15.3. The summed E-state index contributed by atoms with van der Waals surface area (Å²) in [5.41, 5.74) is 3.23. The average molecular weight is 292 g/mol. The first kappa shape index (κ1) is 13.1. The highest BCUT2D eigenvalue weighted by Gasteiger charge is 2.35. The first-order valence-corrected chi connectivity index (χ1v) is 7.36. The molecule has 0 radical (unpaired) electrons. The number of nitrogens with zero attached hydrogens (tertiary/aromatic N) is 4. The zero-order valence-corrected chi connectivity index (χ0v) is 12.6. The van der Waals surface area contributed by atoms with Crippen LogP contribution in [-0.2, 0) is 6.42 Å². The molecule has 0 unspecified atom stereocenters. The molecular weight excluding hydrogens is 276 g/mol. The summed E-state index contributed by atoms with van der Waals surface area (Å²) in [4.78, 5) is 21.6. The minimum absolute atomic E-state index is 0.0661. The zero-order valence-electron chi connectivity index (χ0n) is 12.6. The first-order chi connectivity index (χ1) is 10.6. The number of benzene rings is 1. The molecule has 3 aromatic rings. The van der Waals surface area contributed by atoms with Crippen LogP contribution >= 0.6 is 0 Å². The number of Topliss-reactive ketones (excluding diaryl/α,β-unsaturated/α-hetero) is 1. The van der Waals surface area contributed by atoms with Crippen molar-refractivity contribution in [2.45, 2.75) is 26.7 Å². The Hall–Kier alpha value is -2.56. The molecule has 0 aliphatic heterocycles. The van der Waals surface area contributed by atoms with Crippen molar-refractivity contribution in [3.63, 3.8) is 0 Å². The molecule has 0 amide bonds. The van der Waals surface area contributed by atoms with E-state index in [1.807, 2.05) is 30.3 Å². The molecule has 0 saturated heterocycles. The second-order valence-electron chi connectivity index (χ2n) is 6.56. The maximum absolute atomic E-state index is 12.8. The quantitative estimate of drug-likeness (QED) is 0.692. The Morgan fingerprint density at radius 2 is 1.91 bits per heavy atom. The van der Waals surface area contributed by atoms with Crippen molar-refractivity contribution in [3.05, 3.63) is 47.9 Å². The predicted octanol–water partition coefficient (Wildman–Crippen LogP) is 2.95. The lowest BCUT2D eigenvalue weighted by molar-refractivity contribution is 0.0910. The van der Waals surface area contributed by atoms with Crippen LogP contribution < -0.4 is 0 Å². The summed E-state index contributed by atoms with van der Waals surface area (Å²) in [6.07, 6.45) is 2.79. The van der Waals surface area contributed by atoms with Crippen LogP contribution in [0.4, 0.5) is 0 Å². The molecule has 1 aliphatic rings. The summed E-state index contributed by atoms with van der Waals surface area (Å²) in [6.45, 7) is 4.21.